The van der Waals surface area contributed by atoms with Gasteiger partial charge in [0.15, 0.2) is 0 Å². The Labute approximate surface area is 214 Å². The van der Waals surface area contributed by atoms with Crippen LogP contribution in [0.1, 0.15) is 59.9 Å². The molecule has 0 unspecified atom stereocenters. The Morgan fingerprint density at radius 1 is 1.27 bits per heavy atom. The van der Waals surface area contributed by atoms with Gasteiger partial charge in [-0.1, -0.05) is 12.8 Å². The molecule has 0 bridgehead atoms. The van der Waals surface area contributed by atoms with Crippen LogP contribution < -0.4 is 4.74 Å². The summed E-state index contributed by atoms with van der Waals surface area (Å²) in [6, 6.07) is 8.15. The van der Waals surface area contributed by atoms with Gasteiger partial charge in [-0.3, -0.25) is 9.48 Å². The first kappa shape index (κ1) is 23.2. The molecule has 4 aromatic rings. The number of aryl methyl sites for hydroxylation is 1. The molecule has 0 spiro atoms. The van der Waals surface area contributed by atoms with Crippen LogP contribution in [0.25, 0.3) is 17.5 Å². The van der Waals surface area contributed by atoms with Crippen molar-refractivity contribution in [2.75, 3.05) is 6.54 Å². The van der Waals surface area contributed by atoms with Crippen molar-refractivity contribution in [1.29, 1.82) is 0 Å². The number of amides is 1. The van der Waals surface area contributed by atoms with Gasteiger partial charge in [-0.05, 0) is 78.4 Å². The Morgan fingerprint density at radius 2 is 2.16 bits per heavy atom. The fourth-order valence-electron chi connectivity index (χ4n) is 5.15. The number of hydrogen-bond donors (Lipinski definition) is 1. The Bertz CT molecular complexity index is 1400. The van der Waals surface area contributed by atoms with Crippen LogP contribution in [0.5, 0.6) is 5.75 Å². The molecule has 0 saturated heterocycles. The predicted octanol–water partition coefficient (Wildman–Crippen LogP) is 4.26. The highest BCUT2D eigenvalue weighted by molar-refractivity contribution is 5.91. The second-order valence-electron chi connectivity index (χ2n) is 9.68. The number of rotatable bonds is 7. The van der Waals surface area contributed by atoms with Gasteiger partial charge in [0.05, 0.1) is 17.9 Å². The van der Waals surface area contributed by atoms with Crippen molar-refractivity contribution in [2.24, 2.45) is 0 Å². The average Bonchev–Trinajstić information content (AvgIpc) is 3.73. The van der Waals surface area contributed by atoms with E-state index >= 15 is 0 Å². The molecule has 10 heteroatoms. The number of hydrogen-bond acceptors (Lipinski definition) is 7. The first-order chi connectivity index (χ1) is 18.1. The van der Waals surface area contributed by atoms with Crippen molar-refractivity contribution in [3.8, 4) is 17.1 Å². The van der Waals surface area contributed by atoms with Gasteiger partial charge in [-0.15, -0.1) is 10.2 Å². The summed E-state index contributed by atoms with van der Waals surface area (Å²) < 4.78 is 13.7. The van der Waals surface area contributed by atoms with Crippen LogP contribution in [0.15, 0.2) is 47.2 Å². The molecule has 37 heavy (non-hydrogen) atoms. The molecule has 1 aromatic carbocycles. The largest absolute Gasteiger partial charge is 0.486 e. The zero-order valence-electron chi connectivity index (χ0n) is 20.8. The molecule has 1 N–H and O–H groups in total. The molecular weight excluding hydrogens is 470 g/mol. The third kappa shape index (κ3) is 4.91. The monoisotopic (exact) mass is 499 g/mol. The van der Waals surface area contributed by atoms with E-state index in [4.69, 9.17) is 14.3 Å². The standard InChI is InChI=1S/C27H29N7O3/c1-18-15-34(21-5-2-3-6-21)30-24(18)17-37-25-14-20-16-33(26(35)9-8-22-7-4-12-36-22)11-10-19(20)13-23(25)27-28-31-32-29-27/h4,7-9,12-15,21H,2-3,5-6,10-11,16-17H2,1H3,(H,28,29,31,32)/b9-8+. The summed E-state index contributed by atoms with van der Waals surface area (Å²) in [5.74, 6) is 1.72. The molecule has 1 aliphatic heterocycles. The maximum absolute atomic E-state index is 12.8. The summed E-state index contributed by atoms with van der Waals surface area (Å²) >= 11 is 0. The summed E-state index contributed by atoms with van der Waals surface area (Å²) in [5.41, 5.74) is 5.00. The van der Waals surface area contributed by atoms with Gasteiger partial charge in [-0.2, -0.15) is 10.3 Å². The number of H-pyrrole nitrogens is 1. The number of aromatic amines is 1. The number of carbonyl (C=O) groups excluding carboxylic acids is 1. The average molecular weight is 500 g/mol. The SMILES string of the molecule is Cc1cn(C2CCCC2)nc1COc1cc2c(cc1-c1nn[nH]n1)CCN(C(=O)/C=C/c1ccco1)C2. The third-order valence-corrected chi connectivity index (χ3v) is 7.23. The highest BCUT2D eigenvalue weighted by Gasteiger charge is 2.24. The van der Waals surface area contributed by atoms with E-state index in [1.165, 1.54) is 25.7 Å². The highest BCUT2D eigenvalue weighted by Crippen LogP contribution is 2.34. The van der Waals surface area contributed by atoms with Gasteiger partial charge < -0.3 is 14.1 Å². The minimum atomic E-state index is -0.0557. The fraction of sp³-hybridized carbons (Fsp3) is 0.370. The van der Waals surface area contributed by atoms with Crippen LogP contribution >= 0.6 is 0 Å². The second-order valence-corrected chi connectivity index (χ2v) is 9.68. The van der Waals surface area contributed by atoms with Crippen LogP contribution in [0, 0.1) is 6.92 Å². The molecule has 3 aromatic heterocycles. The summed E-state index contributed by atoms with van der Waals surface area (Å²) in [6.45, 7) is 3.53. The molecule has 0 atom stereocenters. The number of aromatic nitrogens is 6. The molecular formula is C27H29N7O3. The molecule has 10 nitrogen and oxygen atoms in total. The maximum atomic E-state index is 12.8. The molecule has 190 valence electrons. The van der Waals surface area contributed by atoms with Gasteiger partial charge >= 0.3 is 0 Å². The first-order valence-corrected chi connectivity index (χ1v) is 12.7. The molecule has 1 aliphatic carbocycles. The highest BCUT2D eigenvalue weighted by atomic mass is 16.5. The van der Waals surface area contributed by atoms with Crippen molar-refractivity contribution in [2.45, 2.75) is 58.2 Å². The smallest absolute Gasteiger partial charge is 0.246 e. The maximum Gasteiger partial charge on any atom is 0.246 e. The summed E-state index contributed by atoms with van der Waals surface area (Å²) in [5, 5.41) is 19.5. The first-order valence-electron chi connectivity index (χ1n) is 12.7. The molecule has 1 saturated carbocycles. The zero-order chi connectivity index (χ0) is 25.2. The molecule has 2 aliphatic rings. The Balaban J connectivity index is 1.23. The predicted molar refractivity (Wildman–Crippen MR) is 135 cm³/mol. The van der Waals surface area contributed by atoms with E-state index in [1.807, 2.05) is 17.0 Å². The normalized spacial score (nSPS) is 16.0. The number of fused-ring (bicyclic) bond motifs is 1. The third-order valence-electron chi connectivity index (χ3n) is 7.23. The summed E-state index contributed by atoms with van der Waals surface area (Å²) in [6.07, 6.45) is 12.6. The molecule has 0 radical (unpaired) electrons. The number of ether oxygens (including phenoxy) is 1. The number of nitrogens with zero attached hydrogens (tertiary/aromatic N) is 6. The van der Waals surface area contributed by atoms with Crippen LogP contribution in [0.4, 0.5) is 0 Å². The van der Waals surface area contributed by atoms with Crippen molar-refractivity contribution < 1.29 is 13.9 Å². The summed E-state index contributed by atoms with van der Waals surface area (Å²) in [7, 11) is 0. The fourth-order valence-corrected chi connectivity index (χ4v) is 5.15. The Morgan fingerprint density at radius 3 is 2.95 bits per heavy atom. The van der Waals surface area contributed by atoms with Gasteiger partial charge in [0.25, 0.3) is 0 Å². The van der Waals surface area contributed by atoms with Gasteiger partial charge in [0, 0.05) is 25.4 Å². The Kier molecular flexibility index (Phi) is 6.30. The molecule has 6 rings (SSSR count). The lowest BCUT2D eigenvalue weighted by Crippen LogP contribution is -2.34. The van der Waals surface area contributed by atoms with Crippen LogP contribution in [0.2, 0.25) is 0 Å². The van der Waals surface area contributed by atoms with Gasteiger partial charge in [0.1, 0.15) is 23.8 Å². The number of furan rings is 1. The van der Waals surface area contributed by atoms with Crippen molar-refractivity contribution in [1.82, 2.24) is 35.3 Å². The topological polar surface area (TPSA) is 115 Å². The number of benzene rings is 1. The Hall–Kier alpha value is -4.21. The van der Waals surface area contributed by atoms with E-state index in [0.717, 1.165) is 34.4 Å². The van der Waals surface area contributed by atoms with E-state index in [9.17, 15) is 4.79 Å². The van der Waals surface area contributed by atoms with Crippen LogP contribution in [-0.4, -0.2) is 47.8 Å². The van der Waals surface area contributed by atoms with Gasteiger partial charge in [-0.25, -0.2) is 0 Å². The van der Waals surface area contributed by atoms with Gasteiger partial charge in [0.2, 0.25) is 11.7 Å². The van der Waals surface area contributed by atoms with E-state index in [-0.39, 0.29) is 5.91 Å². The van der Waals surface area contributed by atoms with Crippen molar-refractivity contribution in [3.63, 3.8) is 0 Å². The van der Waals surface area contributed by atoms with Crippen LogP contribution in [0.3, 0.4) is 0 Å². The van der Waals surface area contributed by atoms with Crippen molar-refractivity contribution >= 4 is 12.0 Å². The van der Waals surface area contributed by atoms with E-state index < -0.39 is 0 Å². The van der Waals surface area contributed by atoms with Crippen LogP contribution in [-0.2, 0) is 24.4 Å². The molecule has 4 heterocycles. The lowest BCUT2D eigenvalue weighted by Gasteiger charge is -2.29. The zero-order valence-corrected chi connectivity index (χ0v) is 20.8. The minimum absolute atomic E-state index is 0.0557. The second kappa shape index (κ2) is 10.0. The van der Waals surface area contributed by atoms with E-state index in [2.05, 4.69) is 44.5 Å². The van der Waals surface area contributed by atoms with E-state index in [1.54, 1.807) is 24.5 Å². The number of carbonyl (C=O) groups is 1. The summed E-state index contributed by atoms with van der Waals surface area (Å²) in [4.78, 5) is 14.7. The number of tetrazole rings is 1. The number of nitrogens with one attached hydrogen (secondary N) is 1. The lowest BCUT2D eigenvalue weighted by molar-refractivity contribution is -0.126. The van der Waals surface area contributed by atoms with Crippen molar-refractivity contribution in [3.05, 3.63) is 70.9 Å². The molecule has 1 amide bonds. The molecule has 1 fully saturated rings. The minimum Gasteiger partial charge on any atom is -0.486 e. The lowest BCUT2D eigenvalue weighted by atomic mass is 9.96. The quantitative estimate of drug-likeness (QED) is 0.378. The van der Waals surface area contributed by atoms with E-state index in [0.29, 0.717) is 43.1 Å².